The van der Waals surface area contributed by atoms with E-state index in [2.05, 4.69) is 80.8 Å². The standard InChI is InChI=1S/C21H28N2O.C9H13N/c1-5-22(6-2)19-13-9-17(10-14-19)21(24)18-11-15-20(16-12-18)23(7-3)8-4;1-10(2)8-9-6-4-3-5-7-9/h9-16H,5-8H2,1-4H3;3-7H,8H2,1-2H3. The van der Waals surface area contributed by atoms with Gasteiger partial charge in [-0.25, -0.2) is 0 Å². The lowest BCUT2D eigenvalue weighted by Crippen LogP contribution is -2.22. The highest BCUT2D eigenvalue weighted by Crippen LogP contribution is 2.20. The van der Waals surface area contributed by atoms with Crippen LogP contribution in [0.4, 0.5) is 11.4 Å². The molecule has 3 rings (SSSR count). The van der Waals surface area contributed by atoms with Crippen molar-refractivity contribution in [2.75, 3.05) is 50.1 Å². The minimum atomic E-state index is 0.0761. The van der Waals surface area contributed by atoms with Crippen molar-refractivity contribution in [2.24, 2.45) is 0 Å². The lowest BCUT2D eigenvalue weighted by atomic mass is 10.0. The van der Waals surface area contributed by atoms with Gasteiger partial charge in [-0.2, -0.15) is 0 Å². The summed E-state index contributed by atoms with van der Waals surface area (Å²) in [6.45, 7) is 13.5. The summed E-state index contributed by atoms with van der Waals surface area (Å²) >= 11 is 0. The molecule has 0 radical (unpaired) electrons. The Bertz CT molecular complexity index is 901. The molecule has 3 aromatic rings. The molecule has 4 nitrogen and oxygen atoms in total. The molecular weight excluding hydrogens is 418 g/mol. The quantitative estimate of drug-likeness (QED) is 0.330. The molecule has 3 aromatic carbocycles. The van der Waals surface area contributed by atoms with Crippen LogP contribution in [0.15, 0.2) is 78.9 Å². The van der Waals surface area contributed by atoms with Crippen LogP contribution < -0.4 is 9.80 Å². The van der Waals surface area contributed by atoms with Gasteiger partial charge in [-0.3, -0.25) is 4.79 Å². The fourth-order valence-corrected chi connectivity index (χ4v) is 3.94. The van der Waals surface area contributed by atoms with E-state index in [-0.39, 0.29) is 5.78 Å². The van der Waals surface area contributed by atoms with E-state index in [4.69, 9.17) is 0 Å². The Balaban J connectivity index is 0.000000340. The highest BCUT2D eigenvalue weighted by atomic mass is 16.1. The summed E-state index contributed by atoms with van der Waals surface area (Å²) in [6, 6.07) is 26.3. The highest BCUT2D eigenvalue weighted by Gasteiger charge is 2.11. The minimum absolute atomic E-state index is 0.0761. The molecule has 0 saturated carbocycles. The zero-order valence-electron chi connectivity index (χ0n) is 21.8. The van der Waals surface area contributed by atoms with Gasteiger partial charge >= 0.3 is 0 Å². The Kier molecular flexibility index (Phi) is 11.3. The number of ketones is 1. The molecule has 4 heteroatoms. The average molecular weight is 460 g/mol. The van der Waals surface area contributed by atoms with E-state index in [0.717, 1.165) is 55.2 Å². The van der Waals surface area contributed by atoms with E-state index in [1.165, 1.54) is 5.56 Å². The maximum Gasteiger partial charge on any atom is 0.193 e. The fourth-order valence-electron chi connectivity index (χ4n) is 3.94. The fraction of sp³-hybridized carbons (Fsp3) is 0.367. The Morgan fingerprint density at radius 1 is 0.588 bits per heavy atom. The number of carbonyl (C=O) groups excluding carboxylic acids is 1. The van der Waals surface area contributed by atoms with Crippen molar-refractivity contribution in [2.45, 2.75) is 34.2 Å². The second-order valence-electron chi connectivity index (χ2n) is 8.49. The zero-order valence-corrected chi connectivity index (χ0v) is 21.8. The van der Waals surface area contributed by atoms with Gasteiger partial charge in [-0.15, -0.1) is 0 Å². The molecule has 182 valence electrons. The molecule has 0 amide bonds. The number of carbonyl (C=O) groups is 1. The van der Waals surface area contributed by atoms with Crippen LogP contribution in [0.3, 0.4) is 0 Å². The van der Waals surface area contributed by atoms with Gasteiger partial charge in [-0.05, 0) is 95.9 Å². The van der Waals surface area contributed by atoms with E-state index in [9.17, 15) is 4.79 Å². The molecule has 0 unspecified atom stereocenters. The SMILES string of the molecule is CCN(CC)c1ccc(C(=O)c2ccc(N(CC)CC)cc2)cc1.CN(C)Cc1ccccc1. The maximum atomic E-state index is 12.7. The summed E-state index contributed by atoms with van der Waals surface area (Å²) in [5, 5.41) is 0. The normalized spacial score (nSPS) is 10.4. The molecular formula is C30H41N3O. The number of anilines is 2. The minimum Gasteiger partial charge on any atom is -0.372 e. The third-order valence-corrected chi connectivity index (χ3v) is 5.86. The van der Waals surface area contributed by atoms with Crippen molar-refractivity contribution >= 4 is 17.2 Å². The van der Waals surface area contributed by atoms with Crippen molar-refractivity contribution in [3.8, 4) is 0 Å². The number of rotatable bonds is 10. The molecule has 0 aliphatic carbocycles. The van der Waals surface area contributed by atoms with Crippen LogP contribution in [0.1, 0.15) is 49.2 Å². The van der Waals surface area contributed by atoms with E-state index in [0.29, 0.717) is 0 Å². The number of benzene rings is 3. The second-order valence-corrected chi connectivity index (χ2v) is 8.49. The molecule has 0 fully saturated rings. The lowest BCUT2D eigenvalue weighted by molar-refractivity contribution is 0.103. The predicted octanol–water partition coefficient (Wildman–Crippen LogP) is 6.36. The maximum absolute atomic E-state index is 12.7. The van der Waals surface area contributed by atoms with Gasteiger partial charge in [0.05, 0.1) is 0 Å². The van der Waals surface area contributed by atoms with Gasteiger partial charge in [0.25, 0.3) is 0 Å². The largest absolute Gasteiger partial charge is 0.372 e. The van der Waals surface area contributed by atoms with Crippen molar-refractivity contribution in [1.82, 2.24) is 4.90 Å². The van der Waals surface area contributed by atoms with Crippen LogP contribution >= 0.6 is 0 Å². The van der Waals surface area contributed by atoms with Gasteiger partial charge in [0.1, 0.15) is 0 Å². The van der Waals surface area contributed by atoms with Crippen molar-refractivity contribution in [1.29, 1.82) is 0 Å². The van der Waals surface area contributed by atoms with Crippen molar-refractivity contribution < 1.29 is 4.79 Å². The van der Waals surface area contributed by atoms with Gasteiger partial charge in [0.2, 0.25) is 0 Å². The first-order valence-corrected chi connectivity index (χ1v) is 12.4. The number of hydrogen-bond acceptors (Lipinski definition) is 4. The summed E-state index contributed by atoms with van der Waals surface area (Å²) < 4.78 is 0. The molecule has 0 aliphatic heterocycles. The van der Waals surface area contributed by atoms with E-state index in [1.807, 2.05) is 54.6 Å². The number of hydrogen-bond donors (Lipinski definition) is 0. The Hall–Kier alpha value is -3.11. The second kappa shape index (κ2) is 14.2. The Morgan fingerprint density at radius 3 is 1.29 bits per heavy atom. The summed E-state index contributed by atoms with van der Waals surface area (Å²) in [5.41, 5.74) is 5.16. The van der Waals surface area contributed by atoms with Crippen molar-refractivity contribution in [3.63, 3.8) is 0 Å². The van der Waals surface area contributed by atoms with Crippen molar-refractivity contribution in [3.05, 3.63) is 95.6 Å². The molecule has 0 aromatic heterocycles. The lowest BCUT2D eigenvalue weighted by Gasteiger charge is -2.21. The summed E-state index contributed by atoms with van der Waals surface area (Å²) in [6.07, 6.45) is 0. The third-order valence-electron chi connectivity index (χ3n) is 5.86. The summed E-state index contributed by atoms with van der Waals surface area (Å²) in [7, 11) is 4.15. The van der Waals surface area contributed by atoms with Crippen LogP contribution in [0, 0.1) is 0 Å². The third kappa shape index (κ3) is 8.03. The Labute approximate surface area is 206 Å². The molecule has 34 heavy (non-hydrogen) atoms. The molecule has 0 bridgehead atoms. The zero-order chi connectivity index (χ0) is 24.9. The van der Waals surface area contributed by atoms with E-state index < -0.39 is 0 Å². The summed E-state index contributed by atoms with van der Waals surface area (Å²) in [5.74, 6) is 0.0761. The first kappa shape index (κ1) is 27.1. The first-order chi connectivity index (χ1) is 16.4. The van der Waals surface area contributed by atoms with Gasteiger partial charge in [-0.1, -0.05) is 30.3 Å². The van der Waals surface area contributed by atoms with Gasteiger partial charge in [0, 0.05) is 55.2 Å². The van der Waals surface area contributed by atoms with Crippen LogP contribution in [-0.4, -0.2) is 51.0 Å². The van der Waals surface area contributed by atoms with E-state index >= 15 is 0 Å². The van der Waals surface area contributed by atoms with Crippen LogP contribution in [0.2, 0.25) is 0 Å². The van der Waals surface area contributed by atoms with Crippen LogP contribution in [0.5, 0.6) is 0 Å². The molecule has 0 saturated heterocycles. The molecule has 0 spiro atoms. The first-order valence-electron chi connectivity index (χ1n) is 12.4. The predicted molar refractivity (Wildman–Crippen MR) is 147 cm³/mol. The molecule has 0 heterocycles. The highest BCUT2D eigenvalue weighted by molar-refractivity contribution is 6.09. The number of nitrogens with zero attached hydrogens (tertiary/aromatic N) is 3. The van der Waals surface area contributed by atoms with Gasteiger partial charge < -0.3 is 14.7 Å². The Morgan fingerprint density at radius 2 is 0.971 bits per heavy atom. The molecule has 0 aliphatic rings. The van der Waals surface area contributed by atoms with Gasteiger partial charge in [0.15, 0.2) is 5.78 Å². The monoisotopic (exact) mass is 459 g/mol. The molecule has 0 atom stereocenters. The smallest absolute Gasteiger partial charge is 0.193 e. The topological polar surface area (TPSA) is 26.8 Å². The van der Waals surface area contributed by atoms with Crippen LogP contribution in [-0.2, 0) is 6.54 Å². The summed E-state index contributed by atoms with van der Waals surface area (Å²) in [4.78, 5) is 19.4. The molecule has 0 N–H and O–H groups in total. The van der Waals surface area contributed by atoms with Crippen LogP contribution in [0.25, 0.3) is 0 Å². The van der Waals surface area contributed by atoms with E-state index in [1.54, 1.807) is 0 Å². The average Bonchev–Trinajstić information content (AvgIpc) is 2.87.